The van der Waals surface area contributed by atoms with E-state index in [1.807, 2.05) is 25.1 Å². The predicted octanol–water partition coefficient (Wildman–Crippen LogP) is 1.80. The van der Waals surface area contributed by atoms with Crippen molar-refractivity contribution in [1.82, 2.24) is 4.98 Å². The maximum absolute atomic E-state index is 12.1. The van der Waals surface area contributed by atoms with Gasteiger partial charge in [-0.05, 0) is 36.4 Å². The average molecular weight is 319 g/mol. The van der Waals surface area contributed by atoms with Crippen LogP contribution >= 0.6 is 0 Å². The van der Waals surface area contributed by atoms with Crippen LogP contribution in [-0.4, -0.2) is 39.7 Å². The van der Waals surface area contributed by atoms with Crippen LogP contribution < -0.4 is 10.2 Å². The maximum Gasteiger partial charge on any atom is 0.256 e. The van der Waals surface area contributed by atoms with Gasteiger partial charge in [0.2, 0.25) is 0 Å². The van der Waals surface area contributed by atoms with E-state index < -0.39 is 9.84 Å². The van der Waals surface area contributed by atoms with Gasteiger partial charge in [-0.2, -0.15) is 0 Å². The monoisotopic (exact) mass is 319 g/mol. The normalized spacial score (nSPS) is 11.0. The molecule has 1 aromatic heterocycles. The minimum Gasteiger partial charge on any atom is -0.363 e. The van der Waals surface area contributed by atoms with Crippen molar-refractivity contribution in [1.29, 1.82) is 0 Å². The van der Waals surface area contributed by atoms with Crippen LogP contribution in [0.1, 0.15) is 10.4 Å². The third-order valence-corrected chi connectivity index (χ3v) is 4.11. The van der Waals surface area contributed by atoms with Gasteiger partial charge in [-0.1, -0.05) is 6.07 Å². The van der Waals surface area contributed by atoms with Gasteiger partial charge in [-0.3, -0.25) is 4.79 Å². The topological polar surface area (TPSA) is 79.4 Å². The first-order valence-electron chi connectivity index (χ1n) is 6.53. The Balaban J connectivity index is 2.17. The van der Waals surface area contributed by atoms with E-state index in [-0.39, 0.29) is 10.8 Å². The molecule has 2 aromatic rings. The summed E-state index contributed by atoms with van der Waals surface area (Å²) in [4.78, 5) is 18.4. The van der Waals surface area contributed by atoms with Crippen molar-refractivity contribution in [2.24, 2.45) is 0 Å². The first-order valence-corrected chi connectivity index (χ1v) is 8.42. The number of anilines is 2. The van der Waals surface area contributed by atoms with E-state index in [0.29, 0.717) is 11.4 Å². The number of carbonyl (C=O) groups is 1. The molecule has 1 N–H and O–H groups in total. The van der Waals surface area contributed by atoms with Crippen LogP contribution in [0, 0.1) is 0 Å². The third-order valence-electron chi connectivity index (χ3n) is 2.98. The molecule has 2 rings (SSSR count). The number of hydrogen-bond acceptors (Lipinski definition) is 5. The summed E-state index contributed by atoms with van der Waals surface area (Å²) in [5, 5.41) is 2.69. The van der Waals surface area contributed by atoms with Crippen LogP contribution in [-0.2, 0) is 9.84 Å². The predicted molar refractivity (Wildman–Crippen MR) is 86.1 cm³/mol. The van der Waals surface area contributed by atoms with Crippen molar-refractivity contribution in [2.45, 2.75) is 4.90 Å². The molecule has 0 aliphatic rings. The number of nitrogens with one attached hydrogen (secondary N) is 1. The number of nitrogens with zero attached hydrogens (tertiary/aromatic N) is 2. The molecule has 1 heterocycles. The van der Waals surface area contributed by atoms with E-state index in [9.17, 15) is 13.2 Å². The van der Waals surface area contributed by atoms with Crippen LogP contribution in [0.3, 0.4) is 0 Å². The molecule has 1 aromatic carbocycles. The Kier molecular flexibility index (Phi) is 4.46. The van der Waals surface area contributed by atoms with Gasteiger partial charge in [0.1, 0.15) is 11.6 Å². The number of carbonyl (C=O) groups excluding carboxylic acids is 1. The van der Waals surface area contributed by atoms with Gasteiger partial charge in [-0.15, -0.1) is 0 Å². The Morgan fingerprint density at radius 3 is 2.27 bits per heavy atom. The zero-order valence-corrected chi connectivity index (χ0v) is 13.4. The maximum atomic E-state index is 12.1. The van der Waals surface area contributed by atoms with E-state index in [4.69, 9.17) is 0 Å². The van der Waals surface area contributed by atoms with Gasteiger partial charge in [0.15, 0.2) is 9.84 Å². The molecule has 0 radical (unpaired) electrons. The van der Waals surface area contributed by atoms with E-state index in [1.54, 1.807) is 12.1 Å². The fourth-order valence-corrected chi connectivity index (χ4v) is 2.41. The largest absolute Gasteiger partial charge is 0.363 e. The van der Waals surface area contributed by atoms with Crippen molar-refractivity contribution in [3.8, 4) is 0 Å². The summed E-state index contributed by atoms with van der Waals surface area (Å²) in [5.74, 6) is 0.817. The molecule has 0 saturated heterocycles. The number of sulfone groups is 1. The van der Waals surface area contributed by atoms with E-state index >= 15 is 0 Å². The second-order valence-corrected chi connectivity index (χ2v) is 7.04. The van der Waals surface area contributed by atoms with Gasteiger partial charge >= 0.3 is 0 Å². The number of pyridine rings is 1. The summed E-state index contributed by atoms with van der Waals surface area (Å²) in [7, 11) is 0.449. The summed E-state index contributed by atoms with van der Waals surface area (Å²) in [6.07, 6.45) is 1.12. The van der Waals surface area contributed by atoms with Crippen LogP contribution in [0.15, 0.2) is 47.4 Å². The fourth-order valence-electron chi connectivity index (χ4n) is 1.78. The average Bonchev–Trinajstić information content (AvgIpc) is 2.46. The van der Waals surface area contributed by atoms with Crippen molar-refractivity contribution < 1.29 is 13.2 Å². The van der Waals surface area contributed by atoms with Crippen LogP contribution in [0.25, 0.3) is 0 Å². The number of aromatic nitrogens is 1. The molecule has 0 bridgehead atoms. The molecular formula is C15H17N3O3S. The summed E-state index contributed by atoms with van der Waals surface area (Å²) in [5.41, 5.74) is 0.365. The van der Waals surface area contributed by atoms with E-state index in [1.165, 1.54) is 24.3 Å². The summed E-state index contributed by atoms with van der Waals surface area (Å²) in [6, 6.07) is 11.1. The van der Waals surface area contributed by atoms with Crippen molar-refractivity contribution in [3.05, 3.63) is 48.0 Å². The van der Waals surface area contributed by atoms with Crippen molar-refractivity contribution in [2.75, 3.05) is 30.6 Å². The lowest BCUT2D eigenvalue weighted by Crippen LogP contribution is -2.15. The molecule has 116 valence electrons. The third kappa shape index (κ3) is 3.82. The lowest BCUT2D eigenvalue weighted by atomic mass is 10.2. The first-order chi connectivity index (χ1) is 10.3. The van der Waals surface area contributed by atoms with Crippen LogP contribution in [0.2, 0.25) is 0 Å². The molecule has 0 aliphatic carbocycles. The smallest absolute Gasteiger partial charge is 0.256 e. The molecule has 1 amide bonds. The summed E-state index contributed by atoms with van der Waals surface area (Å²) in [6.45, 7) is 0. The highest BCUT2D eigenvalue weighted by atomic mass is 32.2. The first kappa shape index (κ1) is 16.0. The molecular weight excluding hydrogens is 302 g/mol. The Labute approximate surface area is 129 Å². The molecule has 0 saturated carbocycles. The Morgan fingerprint density at radius 2 is 1.73 bits per heavy atom. The Bertz CT molecular complexity index is 784. The Morgan fingerprint density at radius 1 is 1.09 bits per heavy atom. The van der Waals surface area contributed by atoms with Gasteiger partial charge in [0.05, 0.1) is 4.90 Å². The number of hydrogen-bond donors (Lipinski definition) is 1. The SMILES string of the molecule is CN(C)c1cccc(NC(=O)c2ccc(S(C)(=O)=O)cc2)n1. The second kappa shape index (κ2) is 6.15. The molecule has 0 fully saturated rings. The molecule has 0 aliphatic heterocycles. The lowest BCUT2D eigenvalue weighted by molar-refractivity contribution is 0.102. The molecule has 6 nitrogen and oxygen atoms in total. The molecule has 0 spiro atoms. The zero-order valence-electron chi connectivity index (χ0n) is 12.6. The van der Waals surface area contributed by atoms with Crippen LogP contribution in [0.5, 0.6) is 0 Å². The number of benzene rings is 1. The van der Waals surface area contributed by atoms with Crippen molar-refractivity contribution in [3.63, 3.8) is 0 Å². The number of rotatable bonds is 4. The molecule has 0 unspecified atom stereocenters. The second-order valence-electron chi connectivity index (χ2n) is 5.03. The van der Waals surface area contributed by atoms with E-state index in [2.05, 4.69) is 10.3 Å². The summed E-state index contributed by atoms with van der Waals surface area (Å²) < 4.78 is 22.8. The van der Waals surface area contributed by atoms with Gasteiger partial charge in [-0.25, -0.2) is 13.4 Å². The minimum atomic E-state index is -3.27. The van der Waals surface area contributed by atoms with Gasteiger partial charge < -0.3 is 10.2 Å². The molecule has 7 heteroatoms. The summed E-state index contributed by atoms with van der Waals surface area (Å²) >= 11 is 0. The lowest BCUT2D eigenvalue weighted by Gasteiger charge is -2.12. The molecule has 0 atom stereocenters. The quantitative estimate of drug-likeness (QED) is 0.929. The highest BCUT2D eigenvalue weighted by molar-refractivity contribution is 7.90. The zero-order chi connectivity index (χ0) is 16.3. The number of amides is 1. The standard InChI is InChI=1S/C15H17N3O3S/c1-18(2)14-6-4-5-13(16-14)17-15(19)11-7-9-12(10-8-11)22(3,20)21/h4-10H,1-3H3,(H,16,17,19). The van der Waals surface area contributed by atoms with Gasteiger partial charge in [0, 0.05) is 25.9 Å². The highest BCUT2D eigenvalue weighted by Gasteiger charge is 2.11. The van der Waals surface area contributed by atoms with Gasteiger partial charge in [0.25, 0.3) is 5.91 Å². The molecule has 22 heavy (non-hydrogen) atoms. The highest BCUT2D eigenvalue weighted by Crippen LogP contribution is 2.14. The van der Waals surface area contributed by atoms with Crippen LogP contribution in [0.4, 0.5) is 11.6 Å². The Hall–Kier alpha value is -2.41. The fraction of sp³-hybridized carbons (Fsp3) is 0.200. The van der Waals surface area contributed by atoms with Crippen molar-refractivity contribution >= 4 is 27.4 Å². The minimum absolute atomic E-state index is 0.178. The van der Waals surface area contributed by atoms with E-state index in [0.717, 1.165) is 12.1 Å².